The number of ketones is 1. The maximum Gasteiger partial charge on any atom is 0.313 e. The van der Waals surface area contributed by atoms with E-state index in [1.165, 1.54) is 0 Å². The minimum absolute atomic E-state index is 0.0341. The lowest BCUT2D eigenvalue weighted by Gasteiger charge is -2.36. The number of Topliss-reactive ketones (excluding diaryl/α,β-unsaturated/α-hetero) is 1. The van der Waals surface area contributed by atoms with Crippen molar-refractivity contribution < 1.29 is 14.3 Å². The maximum atomic E-state index is 11.5. The van der Waals surface area contributed by atoms with Gasteiger partial charge >= 0.3 is 5.97 Å². The Balaban J connectivity index is 2.25. The first-order chi connectivity index (χ1) is 6.14. The van der Waals surface area contributed by atoms with Crippen molar-refractivity contribution in [3.63, 3.8) is 0 Å². The molecule has 4 heteroatoms. The Bertz CT molecular complexity index is 256. The van der Waals surface area contributed by atoms with Gasteiger partial charge in [0.25, 0.3) is 0 Å². The molecule has 2 saturated heterocycles. The van der Waals surface area contributed by atoms with Crippen molar-refractivity contribution in [2.75, 3.05) is 11.5 Å². The lowest BCUT2D eigenvalue weighted by Crippen LogP contribution is -2.49. The average molecular weight is 200 g/mol. The molecule has 0 saturated carbocycles. The Hall–Kier alpha value is -0.510. The summed E-state index contributed by atoms with van der Waals surface area (Å²) in [7, 11) is 0. The summed E-state index contributed by atoms with van der Waals surface area (Å²) in [5, 5.41) is 0. The van der Waals surface area contributed by atoms with E-state index < -0.39 is 5.60 Å². The highest BCUT2D eigenvalue weighted by Gasteiger charge is 2.49. The lowest BCUT2D eigenvalue weighted by molar-refractivity contribution is -0.174. The molecule has 2 fully saturated rings. The second kappa shape index (κ2) is 3.01. The molecule has 2 atom stereocenters. The number of carbonyl (C=O) groups excluding carboxylic acids is 2. The van der Waals surface area contributed by atoms with E-state index in [0.29, 0.717) is 0 Å². The molecular weight excluding hydrogens is 188 g/mol. The van der Waals surface area contributed by atoms with E-state index in [9.17, 15) is 9.59 Å². The van der Waals surface area contributed by atoms with E-state index in [1.807, 2.05) is 6.92 Å². The summed E-state index contributed by atoms with van der Waals surface area (Å²) in [4.78, 5) is 22.6. The van der Waals surface area contributed by atoms with Gasteiger partial charge in [-0.05, 0) is 12.2 Å². The van der Waals surface area contributed by atoms with Gasteiger partial charge in [-0.15, -0.1) is 0 Å². The van der Waals surface area contributed by atoms with Crippen molar-refractivity contribution in [2.45, 2.75) is 25.4 Å². The van der Waals surface area contributed by atoms with Crippen LogP contribution in [0.2, 0.25) is 0 Å². The first-order valence-corrected chi connectivity index (χ1v) is 5.62. The predicted octanol–water partition coefficient (Wildman–Crippen LogP) is 1.01. The standard InChI is InChI=1S/C9H12O3S/c1-6-7(10)4-8(11)12-9(6)2-3-13-5-9/h6H,2-5H2,1H3. The van der Waals surface area contributed by atoms with Crippen LogP contribution in [0.3, 0.4) is 0 Å². The molecule has 72 valence electrons. The summed E-state index contributed by atoms with van der Waals surface area (Å²) in [5.41, 5.74) is -0.461. The fourth-order valence-electron chi connectivity index (χ4n) is 1.92. The molecule has 0 radical (unpaired) electrons. The minimum Gasteiger partial charge on any atom is -0.457 e. The number of thioether (sulfide) groups is 1. The van der Waals surface area contributed by atoms with Gasteiger partial charge in [0.05, 0.1) is 5.92 Å². The second-order valence-corrected chi connectivity index (χ2v) is 4.81. The third-order valence-electron chi connectivity index (χ3n) is 2.92. The third kappa shape index (κ3) is 1.37. The highest BCUT2D eigenvalue weighted by Crippen LogP contribution is 2.40. The molecule has 0 aromatic rings. The van der Waals surface area contributed by atoms with Gasteiger partial charge in [0.15, 0.2) is 5.78 Å². The lowest BCUT2D eigenvalue weighted by atomic mass is 9.82. The van der Waals surface area contributed by atoms with Crippen LogP contribution in [-0.2, 0) is 14.3 Å². The molecular formula is C9H12O3S. The summed E-state index contributed by atoms with van der Waals surface area (Å²) < 4.78 is 5.34. The van der Waals surface area contributed by atoms with Crippen molar-refractivity contribution in [3.8, 4) is 0 Å². The molecule has 0 aromatic carbocycles. The second-order valence-electron chi connectivity index (χ2n) is 3.71. The van der Waals surface area contributed by atoms with E-state index in [4.69, 9.17) is 4.74 Å². The van der Waals surface area contributed by atoms with Gasteiger partial charge in [-0.3, -0.25) is 9.59 Å². The molecule has 0 aromatic heterocycles. The average Bonchev–Trinajstić information content (AvgIpc) is 2.50. The van der Waals surface area contributed by atoms with E-state index in [2.05, 4.69) is 0 Å². The molecule has 13 heavy (non-hydrogen) atoms. The Morgan fingerprint density at radius 2 is 2.31 bits per heavy atom. The van der Waals surface area contributed by atoms with Gasteiger partial charge in [0.2, 0.25) is 0 Å². The van der Waals surface area contributed by atoms with Gasteiger partial charge in [-0.25, -0.2) is 0 Å². The van der Waals surface area contributed by atoms with Gasteiger partial charge in [0, 0.05) is 5.75 Å². The molecule has 0 aliphatic carbocycles. The minimum atomic E-state index is -0.461. The normalized spacial score (nSPS) is 39.6. The molecule has 0 bridgehead atoms. The molecule has 2 heterocycles. The van der Waals surface area contributed by atoms with Gasteiger partial charge in [0.1, 0.15) is 12.0 Å². The largest absolute Gasteiger partial charge is 0.457 e. The highest BCUT2D eigenvalue weighted by molar-refractivity contribution is 7.99. The maximum absolute atomic E-state index is 11.5. The van der Waals surface area contributed by atoms with Crippen LogP contribution in [0.15, 0.2) is 0 Å². The molecule has 0 N–H and O–H groups in total. The van der Waals surface area contributed by atoms with Crippen LogP contribution < -0.4 is 0 Å². The van der Waals surface area contributed by atoms with Crippen LogP contribution in [0.5, 0.6) is 0 Å². The first kappa shape index (κ1) is 9.06. The van der Waals surface area contributed by atoms with Gasteiger partial charge in [-0.1, -0.05) is 6.92 Å². The van der Waals surface area contributed by atoms with Crippen LogP contribution in [0.4, 0.5) is 0 Å². The van der Waals surface area contributed by atoms with E-state index in [0.717, 1.165) is 17.9 Å². The van der Waals surface area contributed by atoms with Crippen LogP contribution >= 0.6 is 11.8 Å². The van der Waals surface area contributed by atoms with Crippen molar-refractivity contribution in [2.24, 2.45) is 5.92 Å². The fourth-order valence-corrected chi connectivity index (χ4v) is 3.36. The van der Waals surface area contributed by atoms with E-state index in [1.54, 1.807) is 11.8 Å². The Morgan fingerprint density at radius 3 is 2.92 bits per heavy atom. The van der Waals surface area contributed by atoms with Crippen LogP contribution in [0.25, 0.3) is 0 Å². The number of hydrogen-bond donors (Lipinski definition) is 0. The summed E-state index contributed by atoms with van der Waals surface area (Å²) in [6, 6.07) is 0. The summed E-state index contributed by atoms with van der Waals surface area (Å²) >= 11 is 1.76. The number of rotatable bonds is 0. The smallest absolute Gasteiger partial charge is 0.313 e. The number of hydrogen-bond acceptors (Lipinski definition) is 4. The topological polar surface area (TPSA) is 43.4 Å². The zero-order valence-corrected chi connectivity index (χ0v) is 8.36. The Kier molecular flexibility index (Phi) is 2.10. The van der Waals surface area contributed by atoms with Crippen molar-refractivity contribution >= 4 is 23.5 Å². The van der Waals surface area contributed by atoms with Crippen molar-refractivity contribution in [1.29, 1.82) is 0 Å². The fraction of sp³-hybridized carbons (Fsp3) is 0.778. The molecule has 1 spiro atoms. The SMILES string of the molecule is CC1C(=O)CC(=O)OC12CCSC2. The summed E-state index contributed by atoms with van der Waals surface area (Å²) in [6.07, 6.45) is 0.796. The van der Waals surface area contributed by atoms with Gasteiger partial charge in [-0.2, -0.15) is 11.8 Å². The van der Waals surface area contributed by atoms with Crippen molar-refractivity contribution in [3.05, 3.63) is 0 Å². The highest BCUT2D eigenvalue weighted by atomic mass is 32.2. The zero-order chi connectivity index (χ0) is 9.47. The van der Waals surface area contributed by atoms with E-state index in [-0.39, 0.29) is 24.1 Å². The number of ether oxygens (including phenoxy) is 1. The monoisotopic (exact) mass is 200 g/mol. The third-order valence-corrected chi connectivity index (χ3v) is 4.11. The molecule has 3 nitrogen and oxygen atoms in total. The van der Waals surface area contributed by atoms with Crippen LogP contribution in [0, 0.1) is 5.92 Å². The number of esters is 1. The Morgan fingerprint density at radius 1 is 1.54 bits per heavy atom. The van der Waals surface area contributed by atoms with Crippen LogP contribution in [0.1, 0.15) is 19.8 Å². The quantitative estimate of drug-likeness (QED) is 0.432. The van der Waals surface area contributed by atoms with E-state index >= 15 is 0 Å². The zero-order valence-electron chi connectivity index (χ0n) is 7.54. The summed E-state index contributed by atoms with van der Waals surface area (Å²) in [6.45, 7) is 1.88. The number of carbonyl (C=O) groups is 2. The van der Waals surface area contributed by atoms with Crippen LogP contribution in [-0.4, -0.2) is 28.9 Å². The Labute approximate surface area is 81.2 Å². The molecule has 2 rings (SSSR count). The predicted molar refractivity (Wildman–Crippen MR) is 49.6 cm³/mol. The summed E-state index contributed by atoms with van der Waals surface area (Å²) in [5.74, 6) is 1.36. The molecule has 2 aliphatic heterocycles. The van der Waals surface area contributed by atoms with Crippen molar-refractivity contribution in [1.82, 2.24) is 0 Å². The molecule has 2 unspecified atom stereocenters. The van der Waals surface area contributed by atoms with Gasteiger partial charge < -0.3 is 4.74 Å². The first-order valence-electron chi connectivity index (χ1n) is 4.46. The molecule has 2 aliphatic rings. The molecule has 0 amide bonds.